The van der Waals surface area contributed by atoms with Crippen molar-refractivity contribution in [3.05, 3.63) is 245 Å². The molecular formula is C108H175Br5ClFIN13. The van der Waals surface area contributed by atoms with Gasteiger partial charge in [0.15, 0.2) is 0 Å². The first-order chi connectivity index (χ1) is 61.1. The summed E-state index contributed by atoms with van der Waals surface area (Å²) in [5.41, 5.74) is 33.8. The number of pyridine rings is 1. The topological polar surface area (TPSA) is 96.2 Å². The standard InChI is InChI=1S/C29H42BrN.C19H24BrN.C11H15N3.3C10H15N.C7H13N3.2C3H9N.3CH3Br.CH3Cl.CH3F.CH3I/c1-23-13-15-25-26-16-14-24(2)22-28(26)29(27(25)21-23,17-9-5-7-11-19-30)18-10-6-8-12-20-31(3)4;1-15-14-19(20)16(2)13-18(15)8-6-4-3-5-7-17-9-11-21-12-10-17;1-7-5-9(14(3)4)8(2)11-10(7)12-6-13-11;3*1-8-5-6-9(2)10(7-8)11(3)4;1-5-7(10(3)4)9-6(2)8-5;2*1-4(2)3;6*1-2/h13-16,21-22H,5-12,17-20H2,1-4H3;9-14H,3-8H2,1-2H3;5-6H,1-4H3,(H,12,13);3*5-7H,1-4H3;1-4H3,(H,8,9);2*1-3H3;6*1H3. The third kappa shape index (κ3) is 52.3. The highest BCUT2D eigenvalue weighted by Gasteiger charge is 2.42. The van der Waals surface area contributed by atoms with Crippen LogP contribution in [-0.2, 0) is 18.3 Å². The van der Waals surface area contributed by atoms with Crippen molar-refractivity contribution in [2.24, 2.45) is 0 Å². The number of rotatable bonds is 25. The second kappa shape index (κ2) is 75.8. The van der Waals surface area contributed by atoms with Gasteiger partial charge in [0.2, 0.25) is 0 Å². The maximum absolute atomic E-state index is 9.50. The number of aryl methyl sites for hydroxylation is 16. The van der Waals surface area contributed by atoms with Crippen molar-refractivity contribution in [1.29, 1.82) is 0 Å². The summed E-state index contributed by atoms with van der Waals surface area (Å²) in [6.07, 6.45) is 27.8. The lowest BCUT2D eigenvalue weighted by atomic mass is 9.70. The summed E-state index contributed by atoms with van der Waals surface area (Å²) >= 11 is 22.8. The Morgan fingerprint density at radius 2 is 0.775 bits per heavy atom. The monoisotopic (exact) mass is 2230 g/mol. The fraction of sp³-hybridized carbons (Fsp3) is 0.528. The Kier molecular flexibility index (Phi) is 76.4. The first-order valence-corrected chi connectivity index (χ1v) is 54.4. The number of nitrogens with one attached hydrogen (secondary N) is 2. The SMILES string of the molecule is CBr.CBr.CBr.CCl.CF.CI.CN(C)C.CN(C)C.Cc1cc(CCCCCCc2ccncc2)c(C)cc1Br.Cc1cc(N(C)C)c(C)c2[nH]cnc12.Cc1ccc(C)c(N(C)C)c1.Cc1ccc(C)c(N(C)C)c1.Cc1ccc(C)c(N(C)C)c1.Cc1ccc2c(c1)C(CCCCCCBr)(CCCCCCN(C)C)c1cc(C)ccc1-2.Cc1nc(N(C)C)c(C)[nH]1. The molecule has 3 heterocycles. The number of hydrogen-bond acceptors (Lipinski definition) is 11. The first-order valence-electron chi connectivity index (χ1n) is 44.8. The van der Waals surface area contributed by atoms with E-state index in [-0.39, 0.29) is 5.41 Å². The molecule has 1 aliphatic rings. The van der Waals surface area contributed by atoms with Gasteiger partial charge in [0.25, 0.3) is 0 Å². The zero-order chi connectivity index (χ0) is 99.8. The van der Waals surface area contributed by atoms with Crippen molar-refractivity contribution >= 4 is 153 Å². The maximum Gasteiger partial charge on any atom is 0.149 e. The van der Waals surface area contributed by atoms with E-state index < -0.39 is 0 Å². The molecule has 7 aromatic carbocycles. The van der Waals surface area contributed by atoms with Gasteiger partial charge in [-0.15, -0.1) is 11.6 Å². The molecule has 0 spiro atoms. The maximum atomic E-state index is 9.50. The lowest BCUT2D eigenvalue weighted by molar-refractivity contribution is 0.375. The van der Waals surface area contributed by atoms with Gasteiger partial charge in [0.05, 0.1) is 30.2 Å². The van der Waals surface area contributed by atoms with Crippen LogP contribution in [0.4, 0.5) is 33.0 Å². The molecule has 0 saturated carbocycles. The van der Waals surface area contributed by atoms with Crippen LogP contribution in [0, 0.1) is 96.9 Å². The van der Waals surface area contributed by atoms with E-state index in [9.17, 15) is 4.39 Å². The molecule has 2 N–H and O–H groups in total. The summed E-state index contributed by atoms with van der Waals surface area (Å²) < 4.78 is 10.7. The molecule has 13 nitrogen and oxygen atoms in total. The number of anilines is 5. The van der Waals surface area contributed by atoms with Crippen molar-refractivity contribution in [2.75, 3.05) is 199 Å². The minimum Gasteiger partial charge on any atom is -0.377 e. The third-order valence-corrected chi connectivity index (χ3v) is 22.1. The van der Waals surface area contributed by atoms with E-state index >= 15 is 0 Å². The van der Waals surface area contributed by atoms with Gasteiger partial charge in [-0.2, -0.15) is 0 Å². The third-order valence-electron chi connectivity index (χ3n) is 20.7. The number of unbranched alkanes of at least 4 members (excludes halogenated alkanes) is 9. The molecule has 728 valence electrons. The van der Waals surface area contributed by atoms with Gasteiger partial charge in [-0.05, 0) is 365 Å². The summed E-state index contributed by atoms with van der Waals surface area (Å²) in [5.74, 6) is 7.44. The predicted molar refractivity (Wildman–Crippen MR) is 610 cm³/mol. The highest BCUT2D eigenvalue weighted by molar-refractivity contribution is 14.1. The van der Waals surface area contributed by atoms with Crippen LogP contribution in [0.3, 0.4) is 0 Å². The number of imidazole rings is 2. The Morgan fingerprint density at radius 3 is 1.13 bits per heavy atom. The Hall–Kier alpha value is -5.40. The van der Waals surface area contributed by atoms with Gasteiger partial charge in [-0.25, -0.2) is 9.97 Å². The number of fused-ring (bicyclic) bond motifs is 4. The Labute approximate surface area is 850 Å². The summed E-state index contributed by atoms with van der Waals surface area (Å²) in [6, 6.07) is 44.9. The summed E-state index contributed by atoms with van der Waals surface area (Å²) in [6.45, 7) is 31.1. The number of halogens is 8. The van der Waals surface area contributed by atoms with Crippen molar-refractivity contribution < 1.29 is 4.39 Å². The number of alkyl halides is 7. The van der Waals surface area contributed by atoms with Crippen molar-refractivity contribution in [3.8, 4) is 11.1 Å². The molecule has 21 heteroatoms. The molecule has 11 rings (SSSR count). The summed E-state index contributed by atoms with van der Waals surface area (Å²) in [4.78, 5) is 37.8. The van der Waals surface area contributed by atoms with Gasteiger partial charge in [0.1, 0.15) is 11.6 Å². The van der Waals surface area contributed by atoms with Crippen molar-refractivity contribution in [3.63, 3.8) is 0 Å². The van der Waals surface area contributed by atoms with Gasteiger partial charge < -0.3 is 49.2 Å². The van der Waals surface area contributed by atoms with Crippen LogP contribution in [0.2, 0.25) is 0 Å². The van der Waals surface area contributed by atoms with Crippen LogP contribution < -0.4 is 24.5 Å². The zero-order valence-corrected chi connectivity index (χ0v) is 98.3. The first kappa shape index (κ1) is 130. The normalized spacial score (nSPS) is 10.5. The van der Waals surface area contributed by atoms with Crippen LogP contribution in [0.15, 0.2) is 145 Å². The molecular weight excluding hydrogens is 2060 g/mol. The van der Waals surface area contributed by atoms with E-state index in [2.05, 4.69) is 438 Å². The molecule has 0 atom stereocenters. The van der Waals surface area contributed by atoms with Crippen molar-refractivity contribution in [1.82, 2.24) is 39.6 Å². The molecule has 3 aromatic heterocycles. The molecule has 0 aliphatic heterocycles. The van der Waals surface area contributed by atoms with Crippen LogP contribution in [0.1, 0.15) is 190 Å². The molecule has 129 heavy (non-hydrogen) atoms. The molecule has 1 aliphatic carbocycles. The molecule has 0 amide bonds. The number of aromatic amines is 2. The minimum atomic E-state index is 0.207. The summed E-state index contributed by atoms with van der Waals surface area (Å²) in [7, 11) is 37.4. The molecule has 0 unspecified atom stereocenters. The van der Waals surface area contributed by atoms with E-state index in [1.807, 2.05) is 120 Å². The van der Waals surface area contributed by atoms with E-state index in [0.717, 1.165) is 33.7 Å². The highest BCUT2D eigenvalue weighted by atomic mass is 127. The van der Waals surface area contributed by atoms with Gasteiger partial charge >= 0.3 is 0 Å². The molecule has 0 bridgehead atoms. The van der Waals surface area contributed by atoms with E-state index in [0.29, 0.717) is 7.18 Å². The fourth-order valence-corrected chi connectivity index (χ4v) is 15.5. The van der Waals surface area contributed by atoms with Gasteiger partial charge in [0, 0.05) is 127 Å². The molecule has 0 radical (unpaired) electrons. The van der Waals surface area contributed by atoms with Gasteiger partial charge in [-0.3, -0.25) is 9.37 Å². The molecule has 0 fully saturated rings. The Balaban J connectivity index is -0.000000706. The lowest BCUT2D eigenvalue weighted by Crippen LogP contribution is -2.26. The van der Waals surface area contributed by atoms with Crippen molar-refractivity contribution in [2.45, 2.75) is 205 Å². The number of H-pyrrole nitrogens is 2. The smallest absolute Gasteiger partial charge is 0.149 e. The predicted octanol–water partition coefficient (Wildman–Crippen LogP) is 30.6. The number of hydrogen-bond donors (Lipinski definition) is 2. The van der Waals surface area contributed by atoms with Gasteiger partial charge in [-0.1, -0.05) is 244 Å². The molecule has 10 aromatic rings. The highest BCUT2D eigenvalue weighted by Crippen LogP contribution is 2.55. The van der Waals surface area contributed by atoms with Crippen LogP contribution in [0.5, 0.6) is 0 Å². The number of aromatic nitrogens is 5. The quantitative estimate of drug-likeness (QED) is 0.0325. The number of benzene rings is 7. The summed E-state index contributed by atoms with van der Waals surface area (Å²) in [5, 5.41) is 1.13. The average molecular weight is 2240 g/mol. The average Bonchev–Trinajstić information content (AvgIpc) is 1.56. The molecule has 0 saturated heterocycles. The van der Waals surface area contributed by atoms with E-state index in [1.54, 1.807) is 17.5 Å². The van der Waals surface area contributed by atoms with Crippen LogP contribution in [0.25, 0.3) is 22.2 Å². The zero-order valence-electron chi connectivity index (χ0n) is 87.5. The lowest BCUT2D eigenvalue weighted by Gasteiger charge is -2.33. The second-order valence-electron chi connectivity index (χ2n) is 34.6. The largest absolute Gasteiger partial charge is 0.377 e. The van der Waals surface area contributed by atoms with E-state index in [4.69, 9.17) is 0 Å². The van der Waals surface area contributed by atoms with Crippen LogP contribution >= 0.6 is 114 Å². The Bertz CT molecular complexity index is 4310. The van der Waals surface area contributed by atoms with Crippen LogP contribution in [-0.4, -0.2) is 214 Å². The van der Waals surface area contributed by atoms with E-state index in [1.165, 1.54) is 232 Å². The Morgan fingerprint density at radius 1 is 0.403 bits per heavy atom. The second-order valence-corrected chi connectivity index (χ2v) is 36.2. The fourth-order valence-electron chi connectivity index (χ4n) is 14.6. The number of nitrogens with zero attached hydrogens (tertiary/aromatic N) is 11. The minimum absolute atomic E-state index is 0.207.